The van der Waals surface area contributed by atoms with E-state index in [0.717, 1.165) is 0 Å². The summed E-state index contributed by atoms with van der Waals surface area (Å²) in [7, 11) is 0. The van der Waals surface area contributed by atoms with Crippen LogP contribution in [0.4, 0.5) is 10.2 Å². The van der Waals surface area contributed by atoms with Crippen LogP contribution in [0, 0.1) is 12.7 Å². The zero-order valence-electron chi connectivity index (χ0n) is 8.64. The van der Waals surface area contributed by atoms with Gasteiger partial charge < -0.3 is 9.84 Å². The van der Waals surface area contributed by atoms with E-state index in [9.17, 15) is 4.39 Å². The first-order valence-electron chi connectivity index (χ1n) is 4.73. The third kappa shape index (κ3) is 2.30. The molecule has 2 aromatic heterocycles. The quantitative estimate of drug-likeness (QED) is 0.831. The van der Waals surface area contributed by atoms with Crippen molar-refractivity contribution in [3.05, 3.63) is 30.1 Å². The standard InChI is InChI=1S/C9H10FN5O/c1-6-8(10)9(13-4-12-6)11-3-2-7-14-5-16-15-7/h4-5H,2-3H2,1H3,(H,11,12,13). The minimum atomic E-state index is -0.435. The topological polar surface area (TPSA) is 76.7 Å². The third-order valence-corrected chi connectivity index (χ3v) is 2.01. The molecule has 16 heavy (non-hydrogen) atoms. The van der Waals surface area contributed by atoms with Gasteiger partial charge >= 0.3 is 0 Å². The van der Waals surface area contributed by atoms with Crippen molar-refractivity contribution in [2.24, 2.45) is 0 Å². The lowest BCUT2D eigenvalue weighted by atomic mass is 10.3. The Morgan fingerprint density at radius 3 is 3.00 bits per heavy atom. The average molecular weight is 223 g/mol. The number of nitrogens with one attached hydrogen (secondary N) is 1. The number of nitrogens with zero attached hydrogens (tertiary/aromatic N) is 4. The molecule has 0 aromatic carbocycles. The fraction of sp³-hybridized carbons (Fsp3) is 0.333. The molecule has 0 amide bonds. The number of halogens is 1. The number of aromatic nitrogens is 4. The molecule has 0 saturated heterocycles. The fourth-order valence-corrected chi connectivity index (χ4v) is 1.18. The first kappa shape index (κ1) is 10.5. The molecule has 0 atom stereocenters. The Kier molecular flexibility index (Phi) is 3.04. The Hall–Kier alpha value is -2.05. The molecule has 0 aliphatic rings. The molecule has 2 rings (SSSR count). The van der Waals surface area contributed by atoms with Crippen LogP contribution in [0.1, 0.15) is 11.5 Å². The first-order chi connectivity index (χ1) is 7.77. The average Bonchev–Trinajstić information content (AvgIpc) is 2.77. The molecule has 0 unspecified atom stereocenters. The van der Waals surface area contributed by atoms with Crippen molar-refractivity contribution in [2.45, 2.75) is 13.3 Å². The van der Waals surface area contributed by atoms with E-state index in [1.807, 2.05) is 0 Å². The summed E-state index contributed by atoms with van der Waals surface area (Å²) in [6.07, 6.45) is 3.11. The number of hydrogen-bond donors (Lipinski definition) is 1. The van der Waals surface area contributed by atoms with Crippen molar-refractivity contribution >= 4 is 5.82 Å². The van der Waals surface area contributed by atoms with Gasteiger partial charge in [0.05, 0.1) is 5.69 Å². The number of rotatable bonds is 4. The Labute approximate surface area is 90.9 Å². The molecular weight excluding hydrogens is 213 g/mol. The van der Waals surface area contributed by atoms with Gasteiger partial charge in [0.2, 0.25) is 6.39 Å². The molecule has 0 aliphatic carbocycles. The summed E-state index contributed by atoms with van der Waals surface area (Å²) >= 11 is 0. The van der Waals surface area contributed by atoms with Gasteiger partial charge in [0.25, 0.3) is 0 Å². The minimum absolute atomic E-state index is 0.191. The Morgan fingerprint density at radius 2 is 2.25 bits per heavy atom. The van der Waals surface area contributed by atoms with Crippen molar-refractivity contribution in [1.82, 2.24) is 20.1 Å². The summed E-state index contributed by atoms with van der Waals surface area (Å²) < 4.78 is 18.0. The molecule has 0 spiro atoms. The van der Waals surface area contributed by atoms with E-state index in [4.69, 9.17) is 0 Å². The zero-order valence-corrected chi connectivity index (χ0v) is 8.64. The van der Waals surface area contributed by atoms with Crippen molar-refractivity contribution in [3.8, 4) is 0 Å². The molecular formula is C9H10FN5O. The second-order valence-corrected chi connectivity index (χ2v) is 3.15. The zero-order chi connectivity index (χ0) is 11.4. The number of hydrogen-bond acceptors (Lipinski definition) is 6. The van der Waals surface area contributed by atoms with Gasteiger partial charge in [-0.15, -0.1) is 0 Å². The number of aryl methyl sites for hydroxylation is 1. The summed E-state index contributed by atoms with van der Waals surface area (Å²) in [5.74, 6) is 0.324. The summed E-state index contributed by atoms with van der Waals surface area (Å²) in [5, 5.41) is 6.48. The normalized spacial score (nSPS) is 10.4. The van der Waals surface area contributed by atoms with Crippen LogP contribution in [0.25, 0.3) is 0 Å². The van der Waals surface area contributed by atoms with Gasteiger partial charge in [-0.2, -0.15) is 4.98 Å². The maximum Gasteiger partial charge on any atom is 0.213 e. The maximum absolute atomic E-state index is 13.4. The third-order valence-electron chi connectivity index (χ3n) is 2.01. The van der Waals surface area contributed by atoms with Gasteiger partial charge in [-0.25, -0.2) is 14.4 Å². The van der Waals surface area contributed by atoms with Crippen molar-refractivity contribution in [3.63, 3.8) is 0 Å². The molecule has 84 valence electrons. The summed E-state index contributed by atoms with van der Waals surface area (Å²) in [4.78, 5) is 11.4. The van der Waals surface area contributed by atoms with Gasteiger partial charge in [0.1, 0.15) is 6.33 Å². The smallest absolute Gasteiger partial charge is 0.213 e. The van der Waals surface area contributed by atoms with Crippen LogP contribution in [0.15, 0.2) is 17.2 Å². The predicted octanol–water partition coefficient (Wildman–Crippen LogP) is 0.962. The second kappa shape index (κ2) is 4.65. The van der Waals surface area contributed by atoms with Crippen molar-refractivity contribution in [2.75, 3.05) is 11.9 Å². The van der Waals surface area contributed by atoms with Crippen LogP contribution in [-0.4, -0.2) is 26.7 Å². The first-order valence-corrected chi connectivity index (χ1v) is 4.73. The van der Waals surface area contributed by atoms with Crippen LogP contribution < -0.4 is 5.32 Å². The van der Waals surface area contributed by atoms with E-state index in [-0.39, 0.29) is 5.82 Å². The predicted molar refractivity (Wildman–Crippen MR) is 53.2 cm³/mol. The van der Waals surface area contributed by atoms with E-state index >= 15 is 0 Å². The van der Waals surface area contributed by atoms with E-state index in [0.29, 0.717) is 24.5 Å². The van der Waals surface area contributed by atoms with Crippen molar-refractivity contribution < 1.29 is 8.91 Å². The maximum atomic E-state index is 13.4. The van der Waals surface area contributed by atoms with Crippen LogP contribution in [0.5, 0.6) is 0 Å². The van der Waals surface area contributed by atoms with Crippen LogP contribution >= 0.6 is 0 Å². The highest BCUT2D eigenvalue weighted by Gasteiger charge is 2.07. The van der Waals surface area contributed by atoms with Gasteiger partial charge in [-0.3, -0.25) is 0 Å². The number of anilines is 1. The molecule has 0 bridgehead atoms. The SMILES string of the molecule is Cc1ncnc(NCCc2ncon2)c1F. The monoisotopic (exact) mass is 223 g/mol. The molecule has 0 radical (unpaired) electrons. The summed E-state index contributed by atoms with van der Waals surface area (Å²) in [5.41, 5.74) is 0.317. The lowest BCUT2D eigenvalue weighted by Gasteiger charge is -2.05. The van der Waals surface area contributed by atoms with E-state index in [2.05, 4.69) is 29.9 Å². The lowest BCUT2D eigenvalue weighted by molar-refractivity contribution is 0.410. The molecule has 2 heterocycles. The Morgan fingerprint density at radius 1 is 1.38 bits per heavy atom. The second-order valence-electron chi connectivity index (χ2n) is 3.15. The molecule has 7 heteroatoms. The van der Waals surface area contributed by atoms with Gasteiger partial charge in [0, 0.05) is 13.0 Å². The van der Waals surface area contributed by atoms with Crippen molar-refractivity contribution in [1.29, 1.82) is 0 Å². The summed E-state index contributed by atoms with van der Waals surface area (Å²) in [6, 6.07) is 0. The molecule has 6 nitrogen and oxygen atoms in total. The van der Waals surface area contributed by atoms with E-state index in [1.54, 1.807) is 6.92 Å². The Balaban J connectivity index is 1.92. The van der Waals surface area contributed by atoms with Gasteiger partial charge in [0.15, 0.2) is 17.5 Å². The Bertz CT molecular complexity index is 459. The van der Waals surface area contributed by atoms with Crippen LogP contribution in [0.3, 0.4) is 0 Å². The largest absolute Gasteiger partial charge is 0.367 e. The molecule has 0 saturated carbocycles. The van der Waals surface area contributed by atoms with Crippen LogP contribution in [-0.2, 0) is 6.42 Å². The van der Waals surface area contributed by atoms with Gasteiger partial charge in [-0.1, -0.05) is 5.16 Å². The van der Waals surface area contributed by atoms with Gasteiger partial charge in [-0.05, 0) is 6.92 Å². The highest BCUT2D eigenvalue weighted by Crippen LogP contribution is 2.11. The minimum Gasteiger partial charge on any atom is -0.367 e. The molecule has 0 fully saturated rings. The van der Waals surface area contributed by atoms with E-state index in [1.165, 1.54) is 12.7 Å². The molecule has 0 aliphatic heterocycles. The molecule has 1 N–H and O–H groups in total. The lowest BCUT2D eigenvalue weighted by Crippen LogP contribution is -2.10. The van der Waals surface area contributed by atoms with Crippen LogP contribution in [0.2, 0.25) is 0 Å². The summed E-state index contributed by atoms with van der Waals surface area (Å²) in [6.45, 7) is 2.06. The fourth-order valence-electron chi connectivity index (χ4n) is 1.18. The highest BCUT2D eigenvalue weighted by atomic mass is 19.1. The highest BCUT2D eigenvalue weighted by molar-refractivity contribution is 5.36. The van der Waals surface area contributed by atoms with E-state index < -0.39 is 5.82 Å². The molecule has 2 aromatic rings.